The Hall–Kier alpha value is -0.960. The number of sulfonamides is 1. The molecule has 0 saturated carbocycles. The molecule has 1 unspecified atom stereocenters. The number of hydrogen-bond donors (Lipinski definition) is 1. The molecule has 0 spiro atoms. The molecule has 8 heteroatoms. The number of benzene rings is 1. The van der Waals surface area contributed by atoms with Crippen LogP contribution in [0.15, 0.2) is 28.0 Å². The van der Waals surface area contributed by atoms with Crippen molar-refractivity contribution in [3.8, 4) is 0 Å². The van der Waals surface area contributed by atoms with Crippen molar-refractivity contribution in [3.05, 3.63) is 23.8 Å². The van der Waals surface area contributed by atoms with E-state index in [-0.39, 0.29) is 15.8 Å². The Balaban J connectivity index is 2.34. The van der Waals surface area contributed by atoms with Crippen molar-refractivity contribution < 1.29 is 16.8 Å². The van der Waals surface area contributed by atoms with E-state index in [9.17, 15) is 16.8 Å². The van der Waals surface area contributed by atoms with E-state index >= 15 is 0 Å². The van der Waals surface area contributed by atoms with Gasteiger partial charge < -0.3 is 5.73 Å². The second kappa shape index (κ2) is 6.51. The Morgan fingerprint density at radius 3 is 2.22 bits per heavy atom. The van der Waals surface area contributed by atoms with Gasteiger partial charge in [-0.3, -0.25) is 0 Å². The van der Waals surface area contributed by atoms with Crippen molar-refractivity contribution >= 4 is 19.9 Å². The van der Waals surface area contributed by atoms with Crippen LogP contribution in [0.5, 0.6) is 0 Å². The fourth-order valence-corrected chi connectivity index (χ4v) is 5.31. The first-order valence-corrected chi connectivity index (χ1v) is 10.9. The maximum absolute atomic E-state index is 12.9. The van der Waals surface area contributed by atoms with Crippen molar-refractivity contribution in [2.45, 2.75) is 42.5 Å². The van der Waals surface area contributed by atoms with Crippen LogP contribution < -0.4 is 5.73 Å². The molecular weight excluding hydrogens is 336 g/mol. The van der Waals surface area contributed by atoms with Crippen molar-refractivity contribution in [1.29, 1.82) is 0 Å². The average molecular weight is 361 g/mol. The zero-order chi connectivity index (χ0) is 17.4. The van der Waals surface area contributed by atoms with Gasteiger partial charge in [0.25, 0.3) is 0 Å². The Bertz CT molecular complexity index is 778. The molecule has 23 heavy (non-hydrogen) atoms. The summed E-state index contributed by atoms with van der Waals surface area (Å²) in [5.41, 5.74) is 6.44. The van der Waals surface area contributed by atoms with Crippen LogP contribution in [0.4, 0.5) is 0 Å². The number of aryl methyl sites for hydroxylation is 1. The van der Waals surface area contributed by atoms with Gasteiger partial charge in [-0.25, -0.2) is 16.8 Å². The molecule has 0 bridgehead atoms. The lowest BCUT2D eigenvalue weighted by molar-refractivity contribution is 0.250. The maximum Gasteiger partial charge on any atom is 0.243 e. The minimum atomic E-state index is -3.70. The molecule has 1 heterocycles. The molecule has 1 aliphatic heterocycles. The maximum atomic E-state index is 12.9. The first-order chi connectivity index (χ1) is 10.5. The Morgan fingerprint density at radius 1 is 1.17 bits per heavy atom. The molecule has 130 valence electrons. The highest BCUT2D eigenvalue weighted by Gasteiger charge is 2.32. The molecule has 0 aliphatic carbocycles. The molecule has 1 aromatic carbocycles. The second-order valence-electron chi connectivity index (χ2n) is 6.30. The van der Waals surface area contributed by atoms with Gasteiger partial charge in [0, 0.05) is 25.4 Å². The number of piperidine rings is 1. The van der Waals surface area contributed by atoms with Gasteiger partial charge in [-0.15, -0.1) is 0 Å². The van der Waals surface area contributed by atoms with E-state index in [1.165, 1.54) is 22.5 Å². The third-order valence-corrected chi connectivity index (χ3v) is 7.60. The molecule has 1 aromatic rings. The number of sulfone groups is 1. The summed E-state index contributed by atoms with van der Waals surface area (Å²) >= 11 is 0. The SMILES string of the molecule is Cc1ccc(S(C)(=O)=O)cc1S(=O)(=O)N1CCC(C(C)N)CC1. The topological polar surface area (TPSA) is 97.5 Å². The highest BCUT2D eigenvalue weighted by molar-refractivity contribution is 7.91. The van der Waals surface area contributed by atoms with Gasteiger partial charge in [0.05, 0.1) is 9.79 Å². The molecule has 1 saturated heterocycles. The molecule has 0 radical (unpaired) electrons. The standard InChI is InChI=1S/C15H24N2O4S2/c1-11-4-5-14(22(3,18)19)10-15(11)23(20,21)17-8-6-13(7-9-17)12(2)16/h4-5,10,12-13H,6-9,16H2,1-3H3. The van der Waals surface area contributed by atoms with Gasteiger partial charge in [0.2, 0.25) is 10.0 Å². The predicted molar refractivity (Wildman–Crippen MR) is 89.4 cm³/mol. The summed E-state index contributed by atoms with van der Waals surface area (Å²) in [6.07, 6.45) is 2.52. The van der Waals surface area contributed by atoms with E-state index in [4.69, 9.17) is 5.73 Å². The predicted octanol–water partition coefficient (Wildman–Crippen LogP) is 1.15. The van der Waals surface area contributed by atoms with Gasteiger partial charge in [-0.1, -0.05) is 6.07 Å². The van der Waals surface area contributed by atoms with Crippen LogP contribution in [0.3, 0.4) is 0 Å². The smallest absolute Gasteiger partial charge is 0.243 e. The van der Waals surface area contributed by atoms with Crippen molar-refractivity contribution in [3.63, 3.8) is 0 Å². The summed E-state index contributed by atoms with van der Waals surface area (Å²) < 4.78 is 50.5. The van der Waals surface area contributed by atoms with Gasteiger partial charge in [0.1, 0.15) is 0 Å². The molecule has 2 N–H and O–H groups in total. The molecule has 1 atom stereocenters. The van der Waals surface area contributed by atoms with Crippen LogP contribution in [0.2, 0.25) is 0 Å². The summed E-state index contributed by atoms with van der Waals surface area (Å²) in [5, 5.41) is 0. The van der Waals surface area contributed by atoms with E-state index < -0.39 is 19.9 Å². The normalized spacial score (nSPS) is 19.7. The van der Waals surface area contributed by atoms with Crippen molar-refractivity contribution in [1.82, 2.24) is 4.31 Å². The minimum absolute atomic E-state index is 0.0205. The second-order valence-corrected chi connectivity index (χ2v) is 10.2. The molecule has 6 nitrogen and oxygen atoms in total. The van der Waals surface area contributed by atoms with Crippen molar-refractivity contribution in [2.24, 2.45) is 11.7 Å². The Kier molecular flexibility index (Phi) is 5.20. The Labute approximate surface area is 138 Å². The van der Waals surface area contributed by atoms with Gasteiger partial charge in [0.15, 0.2) is 9.84 Å². The lowest BCUT2D eigenvalue weighted by Gasteiger charge is -2.33. The van der Waals surface area contributed by atoms with Gasteiger partial charge >= 0.3 is 0 Å². The summed E-state index contributed by atoms with van der Waals surface area (Å²) in [4.78, 5) is 0.0896. The van der Waals surface area contributed by atoms with E-state index in [0.717, 1.165) is 19.1 Å². The quantitative estimate of drug-likeness (QED) is 0.868. The summed E-state index contributed by atoms with van der Waals surface area (Å²) in [6, 6.07) is 4.29. The zero-order valence-corrected chi connectivity index (χ0v) is 15.3. The lowest BCUT2D eigenvalue weighted by Crippen LogP contribution is -2.42. The fourth-order valence-electron chi connectivity index (χ4n) is 2.87. The molecular formula is C15H24N2O4S2. The lowest BCUT2D eigenvalue weighted by atomic mass is 9.92. The van der Waals surface area contributed by atoms with E-state index in [0.29, 0.717) is 24.6 Å². The van der Waals surface area contributed by atoms with Crippen LogP contribution in [-0.4, -0.2) is 46.5 Å². The van der Waals surface area contributed by atoms with E-state index in [2.05, 4.69) is 0 Å². The third-order valence-electron chi connectivity index (χ3n) is 4.45. The zero-order valence-electron chi connectivity index (χ0n) is 13.7. The number of nitrogens with zero attached hydrogens (tertiary/aromatic N) is 1. The third kappa shape index (κ3) is 3.93. The molecule has 2 rings (SSSR count). The number of hydrogen-bond acceptors (Lipinski definition) is 5. The van der Waals surface area contributed by atoms with Crippen LogP contribution in [0.1, 0.15) is 25.3 Å². The van der Waals surface area contributed by atoms with Gasteiger partial charge in [-0.05, 0) is 50.3 Å². The molecule has 1 aliphatic rings. The largest absolute Gasteiger partial charge is 0.328 e. The van der Waals surface area contributed by atoms with Crippen molar-refractivity contribution in [2.75, 3.05) is 19.3 Å². The Morgan fingerprint density at radius 2 is 1.74 bits per heavy atom. The van der Waals surface area contributed by atoms with Crippen LogP contribution >= 0.6 is 0 Å². The molecule has 1 fully saturated rings. The molecule has 0 amide bonds. The molecule has 0 aromatic heterocycles. The summed E-state index contributed by atoms with van der Waals surface area (Å²) in [6.45, 7) is 4.44. The average Bonchev–Trinajstić information content (AvgIpc) is 2.46. The summed E-state index contributed by atoms with van der Waals surface area (Å²) in [7, 11) is -7.15. The minimum Gasteiger partial charge on any atom is -0.328 e. The van der Waals surface area contributed by atoms with E-state index in [1.54, 1.807) is 6.92 Å². The monoisotopic (exact) mass is 360 g/mol. The van der Waals surface area contributed by atoms with Crippen LogP contribution in [0.25, 0.3) is 0 Å². The fraction of sp³-hybridized carbons (Fsp3) is 0.600. The summed E-state index contributed by atoms with van der Waals surface area (Å²) in [5.74, 6) is 0.324. The van der Waals surface area contributed by atoms with E-state index in [1.807, 2.05) is 6.92 Å². The number of rotatable bonds is 4. The van der Waals surface area contributed by atoms with Crippen LogP contribution in [-0.2, 0) is 19.9 Å². The van der Waals surface area contributed by atoms with Crippen LogP contribution in [0, 0.1) is 12.8 Å². The number of nitrogens with two attached hydrogens (primary N) is 1. The highest BCUT2D eigenvalue weighted by atomic mass is 32.2. The highest BCUT2D eigenvalue weighted by Crippen LogP contribution is 2.28. The van der Waals surface area contributed by atoms with Gasteiger partial charge in [-0.2, -0.15) is 4.31 Å². The first kappa shape index (κ1) is 18.4. The first-order valence-electron chi connectivity index (χ1n) is 7.60.